The summed E-state index contributed by atoms with van der Waals surface area (Å²) in [6, 6.07) is 0. The van der Waals surface area contributed by atoms with Crippen molar-refractivity contribution in [1.82, 2.24) is 5.32 Å². The van der Waals surface area contributed by atoms with Crippen LogP contribution >= 0.6 is 0 Å². The first-order chi connectivity index (χ1) is 6.17. The molecule has 0 radical (unpaired) electrons. The van der Waals surface area contributed by atoms with Gasteiger partial charge in [0, 0.05) is 13.1 Å². The summed E-state index contributed by atoms with van der Waals surface area (Å²) in [7, 11) is 0. The third-order valence-corrected chi connectivity index (χ3v) is 3.44. The van der Waals surface area contributed by atoms with Crippen LogP contribution in [0.2, 0.25) is 0 Å². The van der Waals surface area contributed by atoms with E-state index < -0.39 is 0 Å². The highest BCUT2D eigenvalue weighted by molar-refractivity contribution is 4.83. The van der Waals surface area contributed by atoms with Gasteiger partial charge in [-0.15, -0.1) is 0 Å². The molecular formula is C11H24N2. The first-order valence-corrected chi connectivity index (χ1v) is 5.57. The Kier molecular flexibility index (Phi) is 4.20. The van der Waals surface area contributed by atoms with Crippen molar-refractivity contribution in [3.63, 3.8) is 0 Å². The van der Waals surface area contributed by atoms with Crippen molar-refractivity contribution in [1.29, 1.82) is 0 Å². The van der Waals surface area contributed by atoms with Gasteiger partial charge >= 0.3 is 0 Å². The molecule has 1 saturated carbocycles. The molecule has 0 heterocycles. The van der Waals surface area contributed by atoms with Gasteiger partial charge in [0.2, 0.25) is 0 Å². The van der Waals surface area contributed by atoms with Crippen LogP contribution in [0.1, 0.15) is 39.5 Å². The molecule has 1 fully saturated rings. The highest BCUT2D eigenvalue weighted by Crippen LogP contribution is 2.39. The number of rotatable bonds is 4. The molecular weight excluding hydrogens is 160 g/mol. The van der Waals surface area contributed by atoms with Gasteiger partial charge in [0.15, 0.2) is 0 Å². The second kappa shape index (κ2) is 4.97. The number of hydrogen-bond donors (Lipinski definition) is 2. The maximum atomic E-state index is 5.45. The molecule has 0 aromatic heterocycles. The van der Waals surface area contributed by atoms with Gasteiger partial charge in [0.1, 0.15) is 0 Å². The van der Waals surface area contributed by atoms with Crippen molar-refractivity contribution in [3.05, 3.63) is 0 Å². The van der Waals surface area contributed by atoms with Crippen molar-refractivity contribution in [2.45, 2.75) is 39.5 Å². The summed E-state index contributed by atoms with van der Waals surface area (Å²) in [5.74, 6) is 0.854. The summed E-state index contributed by atoms with van der Waals surface area (Å²) in [6.45, 7) is 7.69. The van der Waals surface area contributed by atoms with Gasteiger partial charge < -0.3 is 11.1 Å². The van der Waals surface area contributed by atoms with E-state index in [-0.39, 0.29) is 0 Å². The quantitative estimate of drug-likeness (QED) is 0.653. The summed E-state index contributed by atoms with van der Waals surface area (Å²) in [6.07, 6.45) is 5.62. The van der Waals surface area contributed by atoms with Crippen LogP contribution in [0.3, 0.4) is 0 Å². The van der Waals surface area contributed by atoms with Crippen LogP contribution < -0.4 is 11.1 Å². The molecule has 13 heavy (non-hydrogen) atoms. The largest absolute Gasteiger partial charge is 0.329 e. The normalized spacial score (nSPS) is 27.5. The predicted octanol–water partition coefficient (Wildman–Crippen LogP) is 1.75. The molecule has 2 heteroatoms. The molecule has 78 valence electrons. The molecule has 0 amide bonds. The molecule has 1 aliphatic carbocycles. The van der Waals surface area contributed by atoms with Crippen LogP contribution in [0.4, 0.5) is 0 Å². The zero-order chi connectivity index (χ0) is 9.73. The van der Waals surface area contributed by atoms with Gasteiger partial charge in [-0.3, -0.25) is 0 Å². The maximum Gasteiger partial charge on any atom is 0.00746 e. The van der Waals surface area contributed by atoms with Gasteiger partial charge in [-0.05, 0) is 30.7 Å². The van der Waals surface area contributed by atoms with Gasteiger partial charge in [0.25, 0.3) is 0 Å². The third kappa shape index (κ3) is 3.28. The Morgan fingerprint density at radius 1 is 1.38 bits per heavy atom. The molecule has 0 aliphatic heterocycles. The Labute approximate surface area is 82.3 Å². The van der Waals surface area contributed by atoms with Gasteiger partial charge in [0.05, 0.1) is 0 Å². The second-order valence-electron chi connectivity index (χ2n) is 4.92. The van der Waals surface area contributed by atoms with E-state index in [1.807, 2.05) is 0 Å². The topological polar surface area (TPSA) is 38.0 Å². The van der Waals surface area contributed by atoms with E-state index >= 15 is 0 Å². The smallest absolute Gasteiger partial charge is 0.00746 e. The molecule has 1 unspecified atom stereocenters. The molecule has 0 aromatic rings. The molecule has 0 aromatic carbocycles. The van der Waals surface area contributed by atoms with Crippen molar-refractivity contribution in [2.75, 3.05) is 19.6 Å². The predicted molar refractivity (Wildman–Crippen MR) is 57.7 cm³/mol. The molecule has 1 rings (SSSR count). The number of nitrogens with two attached hydrogens (primary N) is 1. The summed E-state index contributed by atoms with van der Waals surface area (Å²) >= 11 is 0. The van der Waals surface area contributed by atoms with Crippen LogP contribution in [-0.4, -0.2) is 19.6 Å². The molecule has 0 spiro atoms. The van der Waals surface area contributed by atoms with E-state index in [0.717, 1.165) is 25.6 Å². The average molecular weight is 184 g/mol. The van der Waals surface area contributed by atoms with E-state index in [1.54, 1.807) is 0 Å². The zero-order valence-corrected chi connectivity index (χ0v) is 9.10. The van der Waals surface area contributed by atoms with Crippen LogP contribution in [0, 0.1) is 11.3 Å². The summed E-state index contributed by atoms with van der Waals surface area (Å²) in [5.41, 5.74) is 5.99. The monoisotopic (exact) mass is 184 g/mol. The molecule has 1 atom stereocenters. The highest BCUT2D eigenvalue weighted by Gasteiger charge is 2.31. The Morgan fingerprint density at radius 3 is 2.77 bits per heavy atom. The van der Waals surface area contributed by atoms with Crippen LogP contribution in [0.5, 0.6) is 0 Å². The minimum absolute atomic E-state index is 0.542. The van der Waals surface area contributed by atoms with Gasteiger partial charge in [-0.2, -0.15) is 0 Å². The van der Waals surface area contributed by atoms with Gasteiger partial charge in [-0.25, -0.2) is 0 Å². The second-order valence-corrected chi connectivity index (χ2v) is 4.92. The Bertz CT molecular complexity index is 143. The number of nitrogens with one attached hydrogen (secondary N) is 1. The van der Waals surface area contributed by atoms with Crippen LogP contribution in [-0.2, 0) is 0 Å². The van der Waals surface area contributed by atoms with E-state index in [1.165, 1.54) is 25.7 Å². The summed E-state index contributed by atoms with van der Waals surface area (Å²) in [4.78, 5) is 0. The Morgan fingerprint density at radius 2 is 2.15 bits per heavy atom. The lowest BCUT2D eigenvalue weighted by Crippen LogP contribution is -2.37. The fourth-order valence-corrected chi connectivity index (χ4v) is 2.32. The first kappa shape index (κ1) is 11.0. The van der Waals surface area contributed by atoms with Crippen LogP contribution in [0.25, 0.3) is 0 Å². The lowest BCUT2D eigenvalue weighted by molar-refractivity contribution is 0.136. The average Bonchev–Trinajstić information content (AvgIpc) is 2.08. The SMILES string of the molecule is CC1(C)CCCCC1CNCCN. The minimum Gasteiger partial charge on any atom is -0.329 e. The lowest BCUT2D eigenvalue weighted by Gasteiger charge is -2.38. The van der Waals surface area contributed by atoms with Crippen molar-refractivity contribution in [3.8, 4) is 0 Å². The summed E-state index contributed by atoms with van der Waals surface area (Å²) < 4.78 is 0. The number of hydrogen-bond acceptors (Lipinski definition) is 2. The van der Waals surface area contributed by atoms with Crippen molar-refractivity contribution in [2.24, 2.45) is 17.1 Å². The first-order valence-electron chi connectivity index (χ1n) is 5.57. The molecule has 0 saturated heterocycles. The standard InChI is InChI=1S/C11H24N2/c1-11(2)6-4-3-5-10(11)9-13-8-7-12/h10,13H,3-9,12H2,1-2H3. The third-order valence-electron chi connectivity index (χ3n) is 3.44. The van der Waals surface area contributed by atoms with E-state index in [9.17, 15) is 0 Å². The van der Waals surface area contributed by atoms with E-state index in [4.69, 9.17) is 5.73 Å². The fourth-order valence-electron chi connectivity index (χ4n) is 2.32. The lowest BCUT2D eigenvalue weighted by atomic mass is 9.69. The van der Waals surface area contributed by atoms with E-state index in [2.05, 4.69) is 19.2 Å². The maximum absolute atomic E-state index is 5.45. The zero-order valence-electron chi connectivity index (χ0n) is 9.10. The molecule has 0 bridgehead atoms. The molecule has 3 N–H and O–H groups in total. The molecule has 2 nitrogen and oxygen atoms in total. The highest BCUT2D eigenvalue weighted by atomic mass is 14.9. The van der Waals surface area contributed by atoms with Crippen molar-refractivity contribution < 1.29 is 0 Å². The van der Waals surface area contributed by atoms with Crippen LogP contribution in [0.15, 0.2) is 0 Å². The molecule has 1 aliphatic rings. The minimum atomic E-state index is 0.542. The fraction of sp³-hybridized carbons (Fsp3) is 1.00. The van der Waals surface area contributed by atoms with Gasteiger partial charge in [-0.1, -0.05) is 26.7 Å². The van der Waals surface area contributed by atoms with E-state index in [0.29, 0.717) is 5.41 Å². The summed E-state index contributed by atoms with van der Waals surface area (Å²) in [5, 5.41) is 3.44. The Balaban J connectivity index is 2.29. The Hall–Kier alpha value is -0.0800. The van der Waals surface area contributed by atoms with Crippen molar-refractivity contribution >= 4 is 0 Å².